The monoisotopic (exact) mass is 493 g/mol. The van der Waals surface area contributed by atoms with Gasteiger partial charge < -0.3 is 19.6 Å². The van der Waals surface area contributed by atoms with E-state index in [0.717, 1.165) is 43.3 Å². The van der Waals surface area contributed by atoms with Crippen LogP contribution < -0.4 is 10.5 Å². The second kappa shape index (κ2) is 10.0. The predicted octanol–water partition coefficient (Wildman–Crippen LogP) is 6.01. The molecule has 4 aromatic rings. The van der Waals surface area contributed by atoms with Crippen LogP contribution in [0.4, 0.5) is 0 Å². The highest BCUT2D eigenvalue weighted by Gasteiger charge is 2.13. The van der Waals surface area contributed by atoms with Crippen molar-refractivity contribution >= 4 is 32.9 Å². The summed E-state index contributed by atoms with van der Waals surface area (Å²) in [6, 6.07) is 19.8. The zero-order valence-electron chi connectivity index (χ0n) is 17.8. The molecule has 1 heterocycles. The Bertz CT molecular complexity index is 1250. The van der Waals surface area contributed by atoms with Crippen LogP contribution in [0.5, 0.6) is 5.75 Å². The standard InChI is InChI=1S/C26H24BrNO4/c1-2-30-25(29)13-20-6-7-22(27)14-24(20)32-16-18-11-21-8-9-31-26(21)23(12-18)19-5-3-4-17(10-19)15-28/h3-12,14H,2,13,15-16,28H2,1H3. The normalized spacial score (nSPS) is 11.0. The van der Waals surface area contributed by atoms with Gasteiger partial charge in [0.05, 0.1) is 19.3 Å². The van der Waals surface area contributed by atoms with Crippen molar-refractivity contribution < 1.29 is 18.7 Å². The van der Waals surface area contributed by atoms with Gasteiger partial charge in [0.2, 0.25) is 0 Å². The van der Waals surface area contributed by atoms with Gasteiger partial charge in [-0.2, -0.15) is 0 Å². The Hall–Kier alpha value is -3.09. The molecule has 3 aromatic carbocycles. The SMILES string of the molecule is CCOC(=O)Cc1ccc(Br)cc1OCc1cc(-c2cccc(CN)c2)c2occc2c1. The topological polar surface area (TPSA) is 74.7 Å². The number of ether oxygens (including phenoxy) is 2. The number of hydrogen-bond donors (Lipinski definition) is 1. The summed E-state index contributed by atoms with van der Waals surface area (Å²) in [5, 5.41) is 1.00. The van der Waals surface area contributed by atoms with E-state index in [4.69, 9.17) is 19.6 Å². The number of furan rings is 1. The molecular formula is C26H24BrNO4. The molecule has 0 spiro atoms. The molecule has 0 aliphatic carbocycles. The van der Waals surface area contributed by atoms with E-state index in [-0.39, 0.29) is 12.4 Å². The zero-order chi connectivity index (χ0) is 22.5. The molecule has 0 fully saturated rings. The van der Waals surface area contributed by atoms with Crippen LogP contribution in [0, 0.1) is 0 Å². The third kappa shape index (κ3) is 5.03. The second-order valence-corrected chi connectivity index (χ2v) is 8.33. The van der Waals surface area contributed by atoms with Crippen molar-refractivity contribution in [3.63, 3.8) is 0 Å². The number of nitrogens with two attached hydrogens (primary N) is 1. The van der Waals surface area contributed by atoms with E-state index in [9.17, 15) is 4.79 Å². The molecule has 5 nitrogen and oxygen atoms in total. The lowest BCUT2D eigenvalue weighted by atomic mass is 9.99. The Labute approximate surface area is 195 Å². The molecule has 1 aromatic heterocycles. The van der Waals surface area contributed by atoms with Gasteiger partial charge in [0, 0.05) is 27.5 Å². The van der Waals surface area contributed by atoms with Gasteiger partial charge in [0.15, 0.2) is 0 Å². The van der Waals surface area contributed by atoms with Crippen molar-refractivity contribution in [2.45, 2.75) is 26.5 Å². The van der Waals surface area contributed by atoms with Crippen LogP contribution >= 0.6 is 15.9 Å². The first-order valence-electron chi connectivity index (χ1n) is 10.4. The number of halogens is 1. The molecule has 0 bridgehead atoms. The summed E-state index contributed by atoms with van der Waals surface area (Å²) in [6.45, 7) is 2.97. The van der Waals surface area contributed by atoms with Crippen molar-refractivity contribution in [3.05, 3.63) is 88.1 Å². The van der Waals surface area contributed by atoms with Crippen molar-refractivity contribution in [1.29, 1.82) is 0 Å². The van der Waals surface area contributed by atoms with E-state index < -0.39 is 0 Å². The number of esters is 1. The van der Waals surface area contributed by atoms with Crippen LogP contribution in [0.3, 0.4) is 0 Å². The van der Waals surface area contributed by atoms with E-state index in [2.05, 4.69) is 34.1 Å². The van der Waals surface area contributed by atoms with Crippen molar-refractivity contribution in [1.82, 2.24) is 0 Å². The molecule has 4 rings (SSSR count). The summed E-state index contributed by atoms with van der Waals surface area (Å²) in [5.41, 5.74) is 11.5. The van der Waals surface area contributed by atoms with Crippen LogP contribution in [-0.4, -0.2) is 12.6 Å². The molecule has 0 unspecified atom stereocenters. The molecule has 164 valence electrons. The zero-order valence-corrected chi connectivity index (χ0v) is 19.4. The Morgan fingerprint density at radius 3 is 2.75 bits per heavy atom. The quantitative estimate of drug-likeness (QED) is 0.304. The van der Waals surface area contributed by atoms with Crippen LogP contribution in [0.1, 0.15) is 23.6 Å². The molecule has 6 heteroatoms. The molecule has 0 saturated carbocycles. The largest absolute Gasteiger partial charge is 0.489 e. The van der Waals surface area contributed by atoms with Crippen LogP contribution in [0.15, 0.2) is 75.8 Å². The van der Waals surface area contributed by atoms with Gasteiger partial charge in [0.25, 0.3) is 0 Å². The van der Waals surface area contributed by atoms with Crippen LogP contribution in [0.2, 0.25) is 0 Å². The van der Waals surface area contributed by atoms with Crippen LogP contribution in [0.25, 0.3) is 22.1 Å². The highest BCUT2D eigenvalue weighted by molar-refractivity contribution is 9.10. The molecule has 0 saturated heterocycles. The molecule has 0 radical (unpaired) electrons. The summed E-state index contributed by atoms with van der Waals surface area (Å²) < 4.78 is 17.9. The van der Waals surface area contributed by atoms with E-state index in [1.165, 1.54) is 0 Å². The number of carbonyl (C=O) groups is 1. The van der Waals surface area contributed by atoms with Gasteiger partial charge in [-0.15, -0.1) is 0 Å². The molecule has 0 aliphatic heterocycles. The predicted molar refractivity (Wildman–Crippen MR) is 128 cm³/mol. The number of hydrogen-bond acceptors (Lipinski definition) is 5. The molecule has 0 amide bonds. The fourth-order valence-corrected chi connectivity index (χ4v) is 3.99. The van der Waals surface area contributed by atoms with Crippen molar-refractivity contribution in [3.8, 4) is 16.9 Å². The minimum Gasteiger partial charge on any atom is -0.489 e. The first kappa shape index (κ1) is 22.1. The van der Waals surface area contributed by atoms with E-state index in [0.29, 0.717) is 25.5 Å². The summed E-state index contributed by atoms with van der Waals surface area (Å²) in [5.74, 6) is 0.368. The number of carbonyl (C=O) groups excluding carboxylic acids is 1. The molecule has 32 heavy (non-hydrogen) atoms. The Morgan fingerprint density at radius 1 is 1.06 bits per heavy atom. The number of fused-ring (bicyclic) bond motifs is 1. The molecular weight excluding hydrogens is 470 g/mol. The fourth-order valence-electron chi connectivity index (χ4n) is 3.65. The fraction of sp³-hybridized carbons (Fsp3) is 0.192. The maximum atomic E-state index is 12.0. The van der Waals surface area contributed by atoms with Gasteiger partial charge in [-0.1, -0.05) is 40.2 Å². The Kier molecular flexibility index (Phi) is 6.93. The summed E-state index contributed by atoms with van der Waals surface area (Å²) in [4.78, 5) is 12.0. The van der Waals surface area contributed by atoms with E-state index in [1.807, 2.05) is 42.5 Å². The smallest absolute Gasteiger partial charge is 0.310 e. The molecule has 2 N–H and O–H groups in total. The number of rotatable bonds is 8. The Morgan fingerprint density at radius 2 is 1.94 bits per heavy atom. The highest BCUT2D eigenvalue weighted by atomic mass is 79.9. The average molecular weight is 494 g/mol. The lowest BCUT2D eigenvalue weighted by Crippen LogP contribution is -2.09. The molecule has 0 aliphatic rings. The summed E-state index contributed by atoms with van der Waals surface area (Å²) in [6.07, 6.45) is 1.85. The molecule has 0 atom stereocenters. The maximum Gasteiger partial charge on any atom is 0.310 e. The second-order valence-electron chi connectivity index (χ2n) is 7.41. The van der Waals surface area contributed by atoms with Gasteiger partial charge >= 0.3 is 5.97 Å². The van der Waals surface area contributed by atoms with Crippen molar-refractivity contribution in [2.75, 3.05) is 6.61 Å². The first-order chi connectivity index (χ1) is 15.6. The summed E-state index contributed by atoms with van der Waals surface area (Å²) >= 11 is 3.48. The minimum absolute atomic E-state index is 0.161. The minimum atomic E-state index is -0.276. The lowest BCUT2D eigenvalue weighted by Gasteiger charge is -2.13. The number of benzene rings is 3. The maximum absolute atomic E-state index is 12.0. The van der Waals surface area contributed by atoms with E-state index >= 15 is 0 Å². The van der Waals surface area contributed by atoms with Crippen LogP contribution in [-0.2, 0) is 29.1 Å². The van der Waals surface area contributed by atoms with Gasteiger partial charge in [-0.05, 0) is 60.0 Å². The lowest BCUT2D eigenvalue weighted by molar-refractivity contribution is -0.142. The summed E-state index contributed by atoms with van der Waals surface area (Å²) in [7, 11) is 0. The third-order valence-electron chi connectivity index (χ3n) is 5.15. The highest BCUT2D eigenvalue weighted by Crippen LogP contribution is 2.32. The average Bonchev–Trinajstić information content (AvgIpc) is 3.27. The Balaban J connectivity index is 1.63. The van der Waals surface area contributed by atoms with Gasteiger partial charge in [-0.25, -0.2) is 0 Å². The van der Waals surface area contributed by atoms with Gasteiger partial charge in [-0.3, -0.25) is 4.79 Å². The third-order valence-corrected chi connectivity index (χ3v) is 5.64. The van der Waals surface area contributed by atoms with E-state index in [1.54, 1.807) is 13.2 Å². The van der Waals surface area contributed by atoms with Crippen molar-refractivity contribution in [2.24, 2.45) is 5.73 Å². The first-order valence-corrected chi connectivity index (χ1v) is 11.2. The van der Waals surface area contributed by atoms with Gasteiger partial charge in [0.1, 0.15) is 17.9 Å².